The van der Waals surface area contributed by atoms with Gasteiger partial charge in [0.2, 0.25) is 0 Å². The molecule has 0 amide bonds. The molecular formula is C9H6ClNO2. The van der Waals surface area contributed by atoms with E-state index >= 15 is 0 Å². The van der Waals surface area contributed by atoms with Crippen LogP contribution >= 0.6 is 11.6 Å². The predicted molar refractivity (Wildman–Crippen MR) is 49.1 cm³/mol. The number of nitrogens with zero attached hydrogens (tertiary/aromatic N) is 1. The number of fused-ring (bicyclic) bond motifs is 1. The highest BCUT2D eigenvalue weighted by Gasteiger charge is 2.08. The zero-order valence-electron chi connectivity index (χ0n) is 6.87. The molecule has 13 heavy (non-hydrogen) atoms. The van der Waals surface area contributed by atoms with Crippen molar-refractivity contribution >= 4 is 28.9 Å². The van der Waals surface area contributed by atoms with Crippen LogP contribution in [0.1, 0.15) is 16.1 Å². The third-order valence-corrected chi connectivity index (χ3v) is 2.11. The van der Waals surface area contributed by atoms with Crippen molar-refractivity contribution in [3.63, 3.8) is 0 Å². The molecule has 2 rings (SSSR count). The number of carbonyl (C=O) groups excluding carboxylic acids is 1. The van der Waals surface area contributed by atoms with E-state index in [0.717, 1.165) is 10.9 Å². The zero-order valence-corrected chi connectivity index (χ0v) is 7.63. The van der Waals surface area contributed by atoms with Crippen LogP contribution in [0.3, 0.4) is 0 Å². The Kier molecular flexibility index (Phi) is 1.81. The van der Waals surface area contributed by atoms with E-state index in [9.17, 15) is 4.79 Å². The number of carbonyl (C=O) groups is 1. The molecule has 0 aliphatic carbocycles. The maximum absolute atomic E-state index is 10.5. The molecule has 0 atom stereocenters. The van der Waals surface area contributed by atoms with Crippen molar-refractivity contribution < 1.29 is 9.21 Å². The maximum atomic E-state index is 10.5. The second-order valence-electron chi connectivity index (χ2n) is 2.75. The van der Waals surface area contributed by atoms with E-state index in [1.807, 2.05) is 6.92 Å². The van der Waals surface area contributed by atoms with E-state index < -0.39 is 0 Å². The van der Waals surface area contributed by atoms with Gasteiger partial charge in [-0.25, -0.2) is 4.98 Å². The number of rotatable bonds is 1. The number of aromatic nitrogens is 1. The first-order chi connectivity index (χ1) is 6.22. The van der Waals surface area contributed by atoms with Crippen LogP contribution in [0.2, 0.25) is 5.15 Å². The van der Waals surface area contributed by atoms with Crippen molar-refractivity contribution in [3.8, 4) is 0 Å². The lowest BCUT2D eigenvalue weighted by molar-refractivity contribution is 0.111. The molecule has 0 aliphatic heterocycles. The molecule has 0 fully saturated rings. The first-order valence-corrected chi connectivity index (χ1v) is 4.09. The van der Waals surface area contributed by atoms with E-state index in [2.05, 4.69) is 4.98 Å². The molecule has 4 heteroatoms. The Morgan fingerprint density at radius 3 is 3.08 bits per heavy atom. The van der Waals surface area contributed by atoms with Gasteiger partial charge in [-0.1, -0.05) is 11.6 Å². The lowest BCUT2D eigenvalue weighted by Gasteiger charge is -1.94. The van der Waals surface area contributed by atoms with Crippen molar-refractivity contribution in [2.24, 2.45) is 0 Å². The summed E-state index contributed by atoms with van der Waals surface area (Å²) >= 11 is 5.79. The van der Waals surface area contributed by atoms with Crippen molar-refractivity contribution in [3.05, 3.63) is 28.7 Å². The fourth-order valence-electron chi connectivity index (χ4n) is 1.20. The molecule has 0 spiro atoms. The van der Waals surface area contributed by atoms with Crippen LogP contribution in [-0.4, -0.2) is 11.3 Å². The lowest BCUT2D eigenvalue weighted by atomic mass is 10.2. The molecule has 0 saturated carbocycles. The fraction of sp³-hybridized carbons (Fsp3) is 0.111. The molecule has 0 radical (unpaired) electrons. The van der Waals surface area contributed by atoms with E-state index in [1.54, 1.807) is 12.3 Å². The van der Waals surface area contributed by atoms with E-state index in [0.29, 0.717) is 17.6 Å². The molecule has 0 aromatic carbocycles. The van der Waals surface area contributed by atoms with Gasteiger partial charge in [-0.15, -0.1) is 0 Å². The molecule has 0 unspecified atom stereocenters. The van der Waals surface area contributed by atoms with Gasteiger partial charge in [0.15, 0.2) is 17.0 Å². The standard InChI is InChI=1S/C9H6ClNO2/c1-5-4-13-8-7(5)2-6(3-12)11-9(8)10/h2-4H,1H3. The summed E-state index contributed by atoms with van der Waals surface area (Å²) in [7, 11) is 0. The summed E-state index contributed by atoms with van der Waals surface area (Å²) in [5, 5.41) is 1.06. The van der Waals surface area contributed by atoms with Crippen molar-refractivity contribution in [2.45, 2.75) is 6.92 Å². The molecule has 0 bridgehead atoms. The second kappa shape index (κ2) is 2.85. The van der Waals surface area contributed by atoms with Gasteiger partial charge in [0.1, 0.15) is 5.69 Å². The summed E-state index contributed by atoms with van der Waals surface area (Å²) in [4.78, 5) is 14.3. The van der Waals surface area contributed by atoms with Crippen LogP contribution in [0.15, 0.2) is 16.7 Å². The van der Waals surface area contributed by atoms with Gasteiger partial charge in [0.05, 0.1) is 6.26 Å². The Labute approximate surface area is 79.3 Å². The highest BCUT2D eigenvalue weighted by atomic mass is 35.5. The summed E-state index contributed by atoms with van der Waals surface area (Å²) in [6.45, 7) is 1.89. The first kappa shape index (κ1) is 8.26. The predicted octanol–water partition coefficient (Wildman–Crippen LogP) is 2.60. The van der Waals surface area contributed by atoms with E-state index in [-0.39, 0.29) is 5.15 Å². The average Bonchev–Trinajstić information content (AvgIpc) is 2.48. The normalized spacial score (nSPS) is 10.6. The molecule has 2 heterocycles. The highest BCUT2D eigenvalue weighted by Crippen LogP contribution is 2.26. The number of halogens is 1. The van der Waals surface area contributed by atoms with Crippen molar-refractivity contribution in [1.29, 1.82) is 0 Å². The summed E-state index contributed by atoms with van der Waals surface area (Å²) in [6, 6.07) is 1.66. The van der Waals surface area contributed by atoms with Crippen LogP contribution in [0.5, 0.6) is 0 Å². The van der Waals surface area contributed by atoms with Gasteiger partial charge in [-0.2, -0.15) is 0 Å². The SMILES string of the molecule is Cc1coc2c(Cl)nc(C=O)cc12. The Morgan fingerprint density at radius 2 is 2.38 bits per heavy atom. The third-order valence-electron chi connectivity index (χ3n) is 1.85. The van der Waals surface area contributed by atoms with Gasteiger partial charge < -0.3 is 4.42 Å². The number of aldehydes is 1. The van der Waals surface area contributed by atoms with Crippen LogP contribution in [0.4, 0.5) is 0 Å². The quantitative estimate of drug-likeness (QED) is 0.519. The number of hydrogen-bond donors (Lipinski definition) is 0. The van der Waals surface area contributed by atoms with Crippen LogP contribution in [0, 0.1) is 6.92 Å². The maximum Gasteiger partial charge on any atom is 0.173 e. The Morgan fingerprint density at radius 1 is 1.62 bits per heavy atom. The molecule has 3 nitrogen and oxygen atoms in total. The van der Waals surface area contributed by atoms with Crippen LogP contribution < -0.4 is 0 Å². The van der Waals surface area contributed by atoms with Crippen LogP contribution in [-0.2, 0) is 0 Å². The Bertz CT molecular complexity index is 476. The van der Waals surface area contributed by atoms with E-state index in [1.165, 1.54) is 0 Å². The summed E-state index contributed by atoms with van der Waals surface area (Å²) in [6.07, 6.45) is 2.25. The monoisotopic (exact) mass is 195 g/mol. The van der Waals surface area contributed by atoms with Gasteiger partial charge in [0, 0.05) is 5.39 Å². The molecule has 0 N–H and O–H groups in total. The van der Waals surface area contributed by atoms with Crippen molar-refractivity contribution in [1.82, 2.24) is 4.98 Å². The summed E-state index contributed by atoms with van der Waals surface area (Å²) < 4.78 is 5.17. The third kappa shape index (κ3) is 1.21. The number of hydrogen-bond acceptors (Lipinski definition) is 3. The van der Waals surface area contributed by atoms with Gasteiger partial charge in [-0.3, -0.25) is 4.79 Å². The highest BCUT2D eigenvalue weighted by molar-refractivity contribution is 6.33. The van der Waals surface area contributed by atoms with Crippen LogP contribution in [0.25, 0.3) is 11.0 Å². The molecule has 2 aromatic heterocycles. The lowest BCUT2D eigenvalue weighted by Crippen LogP contribution is -1.86. The number of pyridine rings is 1. The van der Waals surface area contributed by atoms with E-state index in [4.69, 9.17) is 16.0 Å². The minimum atomic E-state index is 0.229. The first-order valence-electron chi connectivity index (χ1n) is 3.72. The molecule has 2 aromatic rings. The molecule has 0 saturated heterocycles. The number of aryl methyl sites for hydroxylation is 1. The largest absolute Gasteiger partial charge is 0.461 e. The minimum absolute atomic E-state index is 0.229. The summed E-state index contributed by atoms with van der Waals surface area (Å²) in [5.41, 5.74) is 1.80. The topological polar surface area (TPSA) is 43.1 Å². The smallest absolute Gasteiger partial charge is 0.173 e. The average molecular weight is 196 g/mol. The van der Waals surface area contributed by atoms with Gasteiger partial charge >= 0.3 is 0 Å². The number of furan rings is 1. The zero-order chi connectivity index (χ0) is 9.42. The molecule has 66 valence electrons. The minimum Gasteiger partial charge on any atom is -0.461 e. The Hall–Kier alpha value is -1.35. The second-order valence-corrected chi connectivity index (χ2v) is 3.11. The molecule has 0 aliphatic rings. The fourth-order valence-corrected chi connectivity index (χ4v) is 1.44. The van der Waals surface area contributed by atoms with Crippen molar-refractivity contribution in [2.75, 3.05) is 0 Å². The van der Waals surface area contributed by atoms with Gasteiger partial charge in [0.25, 0.3) is 0 Å². The summed E-state index contributed by atoms with van der Waals surface area (Å²) in [5.74, 6) is 0. The van der Waals surface area contributed by atoms with Gasteiger partial charge in [-0.05, 0) is 18.6 Å². The molecular weight excluding hydrogens is 190 g/mol. The Balaban J connectivity index is 2.87.